The molecule has 342 valence electrons. The number of nitrogens with zero attached hydrogens (tertiary/aromatic N) is 3. The van der Waals surface area contributed by atoms with Crippen LogP contribution < -0.4 is 14.7 Å². The van der Waals surface area contributed by atoms with Crippen molar-refractivity contribution >= 4 is 83.5 Å². The molecule has 3 aliphatic rings. The molecule has 2 aliphatic carbocycles. The van der Waals surface area contributed by atoms with Gasteiger partial charge < -0.3 is 14.7 Å². The molecule has 0 amide bonds. The van der Waals surface area contributed by atoms with Gasteiger partial charge in [0, 0.05) is 55.4 Å². The van der Waals surface area contributed by atoms with Gasteiger partial charge in [0.25, 0.3) is 0 Å². The summed E-state index contributed by atoms with van der Waals surface area (Å²) in [5.41, 5.74) is 21.5. The molecular formula is C68H55N3. The van der Waals surface area contributed by atoms with E-state index in [1.165, 1.54) is 93.8 Å². The Kier molecular flexibility index (Phi) is 8.65. The third-order valence-corrected chi connectivity index (χ3v) is 16.3. The maximum Gasteiger partial charge on any atom is 0.0561 e. The summed E-state index contributed by atoms with van der Waals surface area (Å²) in [4.78, 5) is 7.65. The molecule has 11 aromatic carbocycles. The van der Waals surface area contributed by atoms with Gasteiger partial charge in [-0.2, -0.15) is 0 Å². The first-order chi connectivity index (χ1) is 34.4. The van der Waals surface area contributed by atoms with Crippen LogP contribution >= 0.6 is 0 Å². The molecule has 1 heterocycles. The van der Waals surface area contributed by atoms with Gasteiger partial charge in [0.05, 0.1) is 22.7 Å². The van der Waals surface area contributed by atoms with E-state index in [0.29, 0.717) is 0 Å². The van der Waals surface area contributed by atoms with Gasteiger partial charge in [-0.15, -0.1) is 0 Å². The molecule has 71 heavy (non-hydrogen) atoms. The van der Waals surface area contributed by atoms with Crippen molar-refractivity contribution in [2.24, 2.45) is 0 Å². The molecule has 11 aromatic rings. The summed E-state index contributed by atoms with van der Waals surface area (Å²) >= 11 is 0. The van der Waals surface area contributed by atoms with Crippen LogP contribution in [0.15, 0.2) is 206 Å². The Hall–Kier alpha value is -8.14. The number of para-hydroxylation sites is 1. The number of hydrogen-bond acceptors (Lipinski definition) is 3. The smallest absolute Gasteiger partial charge is 0.0561 e. The fourth-order valence-electron chi connectivity index (χ4n) is 13.1. The van der Waals surface area contributed by atoms with Gasteiger partial charge in [-0.3, -0.25) is 0 Å². The van der Waals surface area contributed by atoms with Crippen molar-refractivity contribution in [2.75, 3.05) is 14.7 Å². The first-order valence-electron chi connectivity index (χ1n) is 25.3. The van der Waals surface area contributed by atoms with Crippen molar-refractivity contribution in [1.29, 1.82) is 0 Å². The minimum atomic E-state index is -0.273. The molecule has 0 N–H and O–H groups in total. The highest BCUT2D eigenvalue weighted by Crippen LogP contribution is 2.59. The summed E-state index contributed by atoms with van der Waals surface area (Å²) in [6.45, 7) is 16.6. The lowest BCUT2D eigenvalue weighted by molar-refractivity contribution is 0.591. The number of anilines is 9. The van der Waals surface area contributed by atoms with Crippen LogP contribution in [0, 0.1) is 0 Å². The fraction of sp³-hybridized carbons (Fsp3) is 0.147. The molecule has 0 unspecified atom stereocenters. The van der Waals surface area contributed by atoms with Crippen LogP contribution in [-0.2, 0) is 16.2 Å². The van der Waals surface area contributed by atoms with Crippen LogP contribution in [0.3, 0.4) is 0 Å². The number of hydrogen-bond donors (Lipinski definition) is 0. The first kappa shape index (κ1) is 41.8. The molecule has 14 rings (SSSR count). The lowest BCUT2D eigenvalue weighted by Gasteiger charge is -2.37. The van der Waals surface area contributed by atoms with E-state index in [2.05, 4.69) is 269 Å². The SMILES string of the molecule is CC(C)(C)c1cc2ccc3c4cc(c5ccc(c1)c2c35)N(c1cccc2c1C(C)(C)c1ccccc1-2)c1cccc(c1)N(c1ccccc1)c1cccc(c1)N4c1cccc2c1C(C)(C)c1ccccc1-2. The Labute approximate surface area is 417 Å². The van der Waals surface area contributed by atoms with Crippen LogP contribution in [0.5, 0.6) is 0 Å². The predicted molar refractivity (Wildman–Crippen MR) is 302 cm³/mol. The molecule has 0 atom stereocenters. The second-order valence-corrected chi connectivity index (χ2v) is 22.2. The van der Waals surface area contributed by atoms with E-state index in [4.69, 9.17) is 0 Å². The van der Waals surface area contributed by atoms with E-state index < -0.39 is 0 Å². The molecule has 0 saturated carbocycles. The lowest BCUT2D eigenvalue weighted by Crippen LogP contribution is -2.23. The van der Waals surface area contributed by atoms with Gasteiger partial charge in [-0.05, 0) is 138 Å². The normalized spacial score (nSPS) is 15.1. The van der Waals surface area contributed by atoms with Crippen LogP contribution in [-0.4, -0.2) is 0 Å². The van der Waals surface area contributed by atoms with Gasteiger partial charge in [0.2, 0.25) is 0 Å². The topological polar surface area (TPSA) is 9.72 Å². The highest BCUT2D eigenvalue weighted by molar-refractivity contribution is 6.29. The first-order valence-corrected chi connectivity index (χ1v) is 25.3. The third kappa shape index (κ3) is 5.90. The molecule has 0 fully saturated rings. The van der Waals surface area contributed by atoms with Crippen molar-refractivity contribution < 1.29 is 0 Å². The summed E-state index contributed by atoms with van der Waals surface area (Å²) in [6.07, 6.45) is 0. The summed E-state index contributed by atoms with van der Waals surface area (Å²) in [5.74, 6) is 0. The summed E-state index contributed by atoms with van der Waals surface area (Å²) < 4.78 is 0. The van der Waals surface area contributed by atoms with Gasteiger partial charge in [0.1, 0.15) is 0 Å². The van der Waals surface area contributed by atoms with Crippen molar-refractivity contribution in [1.82, 2.24) is 0 Å². The number of rotatable bonds is 3. The fourth-order valence-corrected chi connectivity index (χ4v) is 13.1. The van der Waals surface area contributed by atoms with Crippen LogP contribution in [0.4, 0.5) is 51.2 Å². The van der Waals surface area contributed by atoms with E-state index in [0.717, 1.165) is 39.8 Å². The molecule has 0 aromatic heterocycles. The van der Waals surface area contributed by atoms with Crippen LogP contribution in [0.2, 0.25) is 0 Å². The zero-order valence-corrected chi connectivity index (χ0v) is 41.5. The molecule has 0 spiro atoms. The van der Waals surface area contributed by atoms with E-state index in [9.17, 15) is 0 Å². The molecule has 0 saturated heterocycles. The predicted octanol–water partition coefficient (Wildman–Crippen LogP) is 19.2. The van der Waals surface area contributed by atoms with Crippen LogP contribution in [0.1, 0.15) is 76.3 Å². The quantitative estimate of drug-likeness (QED) is 0.164. The second kappa shape index (κ2) is 14.7. The maximum atomic E-state index is 2.61. The minimum absolute atomic E-state index is 0.0120. The van der Waals surface area contributed by atoms with Crippen molar-refractivity contribution in [3.05, 3.63) is 234 Å². The van der Waals surface area contributed by atoms with Gasteiger partial charge in [-0.1, -0.05) is 188 Å². The Bertz CT molecular complexity index is 3770. The molecule has 0 radical (unpaired) electrons. The largest absolute Gasteiger partial charge is 0.310 e. The van der Waals surface area contributed by atoms with E-state index in [-0.39, 0.29) is 16.2 Å². The second-order valence-electron chi connectivity index (χ2n) is 22.2. The molecule has 6 bridgehead atoms. The Morgan fingerprint density at radius 3 is 1.21 bits per heavy atom. The Balaban J connectivity index is 1.18. The average Bonchev–Trinajstić information content (AvgIpc) is 3.76. The molecule has 1 aliphatic heterocycles. The third-order valence-electron chi connectivity index (χ3n) is 16.3. The van der Waals surface area contributed by atoms with Crippen molar-refractivity contribution in [3.63, 3.8) is 0 Å². The summed E-state index contributed by atoms with van der Waals surface area (Å²) in [5, 5.41) is 7.56. The summed E-state index contributed by atoms with van der Waals surface area (Å²) in [7, 11) is 0. The lowest BCUT2D eigenvalue weighted by atomic mass is 9.80. The number of fused-ring (bicyclic) bond motifs is 14. The highest BCUT2D eigenvalue weighted by atomic mass is 15.2. The number of benzene rings is 11. The van der Waals surface area contributed by atoms with Crippen LogP contribution in [0.25, 0.3) is 54.6 Å². The van der Waals surface area contributed by atoms with Gasteiger partial charge in [0.15, 0.2) is 0 Å². The average molecular weight is 914 g/mol. The minimum Gasteiger partial charge on any atom is -0.310 e. The molecule has 3 heteroatoms. The maximum absolute atomic E-state index is 2.61. The van der Waals surface area contributed by atoms with E-state index in [1.807, 2.05) is 0 Å². The standard InChI is InChI=1S/C68H55N3/c1-66(2,3)44-37-42-33-35-54-60-41-61(55-36-34-43(38-44)62(42)63(54)55)71(59-32-18-28-53-51-26-12-14-30-57(51)68(6,7)65(53)59)49-24-16-22-47(40-49)69(45-19-9-8-10-20-45)46-21-15-23-48(39-46)70(60)58-31-17-27-52-50-25-11-13-29-56(50)67(4,5)64(52)58/h8-41H,1-7H3. The van der Waals surface area contributed by atoms with E-state index >= 15 is 0 Å². The van der Waals surface area contributed by atoms with E-state index in [1.54, 1.807) is 0 Å². The Morgan fingerprint density at radius 2 is 0.732 bits per heavy atom. The molecule has 3 nitrogen and oxygen atoms in total. The monoisotopic (exact) mass is 913 g/mol. The zero-order valence-electron chi connectivity index (χ0n) is 41.5. The van der Waals surface area contributed by atoms with Crippen molar-refractivity contribution in [3.8, 4) is 22.3 Å². The summed E-state index contributed by atoms with van der Waals surface area (Å²) in [6, 6.07) is 78.4. The van der Waals surface area contributed by atoms with Gasteiger partial charge in [-0.25, -0.2) is 0 Å². The molecular weight excluding hydrogens is 859 g/mol. The highest BCUT2D eigenvalue weighted by Gasteiger charge is 2.41. The zero-order chi connectivity index (χ0) is 48.1. The van der Waals surface area contributed by atoms with Crippen molar-refractivity contribution in [2.45, 2.75) is 64.7 Å². The van der Waals surface area contributed by atoms with Gasteiger partial charge >= 0.3 is 0 Å². The Morgan fingerprint density at radius 1 is 0.324 bits per heavy atom.